The van der Waals surface area contributed by atoms with Crippen molar-refractivity contribution in [1.29, 1.82) is 0 Å². The third-order valence-electron chi connectivity index (χ3n) is 11.2. The van der Waals surface area contributed by atoms with Crippen molar-refractivity contribution >= 4 is 82.8 Å². The number of nitrogens with one attached hydrogen (secondary N) is 8. The molecule has 0 aromatic carbocycles. The predicted octanol–water partition coefficient (Wildman–Crippen LogP) is -6.23. The van der Waals surface area contributed by atoms with E-state index in [0.717, 1.165) is 0 Å². The molecule has 0 saturated carbocycles. The number of carbonyl (C=O) groups excluding carboxylic acids is 12. The monoisotopic (exact) mass is 1070 g/mol. The molecule has 30 nitrogen and oxygen atoms in total. The smallest absolute Gasteiger partial charge is 0.326 e. The van der Waals surface area contributed by atoms with Crippen LogP contribution in [0.3, 0.4) is 0 Å². The molecule has 0 fully saturated rings. The Morgan fingerprint density at radius 1 is 0.440 bits per heavy atom. The fourth-order valence-electron chi connectivity index (χ4n) is 6.98. The van der Waals surface area contributed by atoms with Gasteiger partial charge in [-0.15, -0.1) is 0 Å². The molecule has 424 valence electrons. The molecule has 30 heteroatoms. The maximum absolute atomic E-state index is 14.0. The Bertz CT molecular complexity index is 2070. The number of carboxylic acid groups (broad SMARTS) is 1. The van der Waals surface area contributed by atoms with Crippen molar-refractivity contribution in [2.45, 2.75) is 173 Å². The summed E-state index contributed by atoms with van der Waals surface area (Å²) in [5.41, 5.74) is 38.0. The van der Waals surface area contributed by atoms with Crippen LogP contribution in [-0.4, -0.2) is 149 Å². The Hall–Kier alpha value is -7.66. The van der Waals surface area contributed by atoms with Crippen molar-refractivity contribution in [2.75, 3.05) is 6.54 Å². The van der Waals surface area contributed by atoms with Crippen molar-refractivity contribution in [2.24, 2.45) is 62.9 Å². The number of carboxylic acids is 1. The average Bonchev–Trinajstić information content (AvgIpc) is 3.29. The van der Waals surface area contributed by atoms with Gasteiger partial charge in [-0.05, 0) is 63.2 Å². The lowest BCUT2D eigenvalue weighted by molar-refractivity contribution is -0.144. The third-order valence-corrected chi connectivity index (χ3v) is 11.2. The average molecular weight is 1070 g/mol. The van der Waals surface area contributed by atoms with E-state index in [9.17, 15) is 67.4 Å². The van der Waals surface area contributed by atoms with Gasteiger partial charge in [-0.2, -0.15) is 0 Å². The zero-order valence-corrected chi connectivity index (χ0v) is 43.7. The van der Waals surface area contributed by atoms with Crippen molar-refractivity contribution in [1.82, 2.24) is 42.5 Å². The standard InChI is InChI=1S/C45H80N16O14/c1-8-22(6)35(44(74)75)61-39(69)26(12-14-32(48)63)55-37(67)24(10-9-15-53-45(51)52)54-42(72)29(18-33(49)64)60-43(73)30(19-34(50)65)59-41(71)28(17-21(4)5)58-38(68)25(11-13-31(47)62)56-40(70)27(16-20(2)3)57-36(66)23(7)46/h20-30,35H,8-19,46H2,1-7H3,(H2,47,62)(H2,48,63)(H2,49,64)(H2,50,65)(H,54,72)(H,55,67)(H,56,70)(H,57,66)(H,58,68)(H,59,71)(H,60,73)(H,61,69)(H,74,75)(H4,51,52,53)/t22-,23-,24-,25-,26-,27-,28-,29-,30-,35-/m0/s1. The van der Waals surface area contributed by atoms with Crippen LogP contribution in [-0.2, 0) is 62.3 Å². The van der Waals surface area contributed by atoms with Crippen LogP contribution in [0.1, 0.15) is 119 Å². The molecule has 0 saturated heterocycles. The van der Waals surface area contributed by atoms with E-state index in [-0.39, 0.29) is 56.4 Å². The van der Waals surface area contributed by atoms with Gasteiger partial charge in [0.1, 0.15) is 48.3 Å². The number of nitrogens with two attached hydrogens (primary N) is 7. The van der Waals surface area contributed by atoms with E-state index in [4.69, 9.17) is 40.1 Å². The molecule has 0 aliphatic heterocycles. The highest BCUT2D eigenvalue weighted by Gasteiger charge is 2.36. The lowest BCUT2D eigenvalue weighted by atomic mass is 9.98. The molecular formula is C45H80N16O14. The van der Waals surface area contributed by atoms with Gasteiger partial charge in [0.25, 0.3) is 0 Å². The maximum atomic E-state index is 14.0. The molecule has 0 aliphatic carbocycles. The van der Waals surface area contributed by atoms with Gasteiger partial charge in [0.2, 0.25) is 70.9 Å². The first-order valence-electron chi connectivity index (χ1n) is 24.4. The molecule has 0 bridgehead atoms. The highest BCUT2D eigenvalue weighted by atomic mass is 16.4. The molecule has 0 radical (unpaired) electrons. The first-order valence-corrected chi connectivity index (χ1v) is 24.4. The summed E-state index contributed by atoms with van der Waals surface area (Å²) in [6.07, 6.45) is -3.46. The van der Waals surface area contributed by atoms with E-state index >= 15 is 0 Å². The van der Waals surface area contributed by atoms with Gasteiger partial charge in [0.05, 0.1) is 18.9 Å². The van der Waals surface area contributed by atoms with Gasteiger partial charge in [0.15, 0.2) is 5.96 Å². The molecule has 10 atom stereocenters. The number of guanidine groups is 1. The Morgan fingerprint density at radius 2 is 0.760 bits per heavy atom. The van der Waals surface area contributed by atoms with Crippen LogP contribution < -0.4 is 82.7 Å². The zero-order valence-electron chi connectivity index (χ0n) is 43.7. The number of rotatable bonds is 37. The summed E-state index contributed by atoms with van der Waals surface area (Å²) in [4.78, 5) is 173. The quantitative estimate of drug-likeness (QED) is 0.0156. The van der Waals surface area contributed by atoms with E-state index in [0.29, 0.717) is 6.42 Å². The highest BCUT2D eigenvalue weighted by Crippen LogP contribution is 2.13. The van der Waals surface area contributed by atoms with Crippen molar-refractivity contribution < 1.29 is 67.4 Å². The maximum Gasteiger partial charge on any atom is 0.326 e. The number of amides is 12. The number of aliphatic carboxylic acids is 1. The van der Waals surface area contributed by atoms with Crippen LogP contribution >= 0.6 is 0 Å². The normalized spacial score (nSPS) is 15.0. The van der Waals surface area contributed by atoms with E-state index in [1.54, 1.807) is 41.5 Å². The van der Waals surface area contributed by atoms with Crippen LogP contribution in [0, 0.1) is 17.8 Å². The summed E-state index contributed by atoms with van der Waals surface area (Å²) in [5, 5.41) is 28.8. The molecule has 0 aromatic heterocycles. The molecule has 0 unspecified atom stereocenters. The fourth-order valence-corrected chi connectivity index (χ4v) is 6.98. The molecule has 12 amide bonds. The Kier molecular flexibility index (Phi) is 30.5. The summed E-state index contributed by atoms with van der Waals surface area (Å²) in [7, 11) is 0. The van der Waals surface area contributed by atoms with E-state index in [1.165, 1.54) is 6.92 Å². The summed E-state index contributed by atoms with van der Waals surface area (Å²) in [5.74, 6) is -15.0. The summed E-state index contributed by atoms with van der Waals surface area (Å²) >= 11 is 0. The Balaban J connectivity index is 6.93. The number of hydrogen-bond acceptors (Lipinski definition) is 15. The molecule has 23 N–H and O–H groups in total. The molecular weight excluding hydrogens is 989 g/mol. The van der Waals surface area contributed by atoms with Gasteiger partial charge in [-0.3, -0.25) is 62.5 Å². The first kappa shape index (κ1) is 67.3. The highest BCUT2D eigenvalue weighted by molar-refractivity contribution is 6.00. The Morgan fingerprint density at radius 3 is 1.08 bits per heavy atom. The largest absolute Gasteiger partial charge is 0.480 e. The predicted molar refractivity (Wildman–Crippen MR) is 269 cm³/mol. The molecule has 0 rings (SSSR count). The van der Waals surface area contributed by atoms with Crippen LogP contribution in [0.4, 0.5) is 0 Å². The minimum atomic E-state index is -1.94. The number of carbonyl (C=O) groups is 13. The lowest BCUT2D eigenvalue weighted by Crippen LogP contribution is -2.61. The fraction of sp³-hybridized carbons (Fsp3) is 0.689. The minimum absolute atomic E-state index is 0.0135. The minimum Gasteiger partial charge on any atom is -0.480 e. The van der Waals surface area contributed by atoms with Crippen LogP contribution in [0.15, 0.2) is 4.99 Å². The van der Waals surface area contributed by atoms with Gasteiger partial charge in [-0.25, -0.2) is 4.79 Å². The van der Waals surface area contributed by atoms with Gasteiger partial charge >= 0.3 is 5.97 Å². The van der Waals surface area contributed by atoms with Crippen LogP contribution in [0.25, 0.3) is 0 Å². The van der Waals surface area contributed by atoms with Crippen LogP contribution in [0.2, 0.25) is 0 Å². The number of hydrogen-bond donors (Lipinski definition) is 16. The van der Waals surface area contributed by atoms with Gasteiger partial charge < -0.3 is 87.8 Å². The molecule has 0 heterocycles. The summed E-state index contributed by atoms with van der Waals surface area (Å²) in [6.45, 7) is 11.4. The second kappa shape index (κ2) is 33.9. The number of primary amides is 4. The Labute approximate surface area is 434 Å². The first-order chi connectivity index (χ1) is 34.8. The van der Waals surface area contributed by atoms with E-state index in [2.05, 4.69) is 47.5 Å². The molecule has 75 heavy (non-hydrogen) atoms. The summed E-state index contributed by atoms with van der Waals surface area (Å²) in [6, 6.07) is -13.7. The van der Waals surface area contributed by atoms with Crippen molar-refractivity contribution in [3.05, 3.63) is 0 Å². The molecule has 0 aliphatic rings. The molecule has 0 aromatic rings. The SMILES string of the molecule is CC[C@H](C)[C@H](NC(=O)[C@H](CCC(N)=O)NC(=O)[C@H](CCCN=C(N)N)NC(=O)[C@H](CC(N)=O)NC(=O)[C@H](CC(N)=O)NC(=O)[C@H](CC(C)C)NC(=O)[C@H](CCC(N)=O)NC(=O)[C@H](CC(C)C)NC(=O)[C@H](C)N)C(=O)O. The molecule has 0 spiro atoms. The number of nitrogens with zero attached hydrogens (tertiary/aromatic N) is 1. The van der Waals surface area contributed by atoms with Gasteiger partial charge in [-0.1, -0.05) is 48.0 Å². The number of aliphatic imine (C=N–C) groups is 1. The summed E-state index contributed by atoms with van der Waals surface area (Å²) < 4.78 is 0. The lowest BCUT2D eigenvalue weighted by Gasteiger charge is -2.28. The van der Waals surface area contributed by atoms with Crippen molar-refractivity contribution in [3.63, 3.8) is 0 Å². The third kappa shape index (κ3) is 27.8. The van der Waals surface area contributed by atoms with E-state index < -0.39 is 169 Å². The zero-order chi connectivity index (χ0) is 57.9. The second-order valence-electron chi connectivity index (χ2n) is 19.0. The topological polar surface area (TPSA) is 533 Å². The van der Waals surface area contributed by atoms with Gasteiger partial charge in [0, 0.05) is 19.4 Å². The second-order valence-corrected chi connectivity index (χ2v) is 19.0. The van der Waals surface area contributed by atoms with E-state index in [1.807, 2.05) is 0 Å². The van der Waals surface area contributed by atoms with Crippen molar-refractivity contribution in [3.8, 4) is 0 Å². The van der Waals surface area contributed by atoms with Crippen LogP contribution in [0.5, 0.6) is 0 Å².